The van der Waals surface area contributed by atoms with Crippen LogP contribution < -0.4 is 4.74 Å². The molecule has 0 unspecified atom stereocenters. The van der Waals surface area contributed by atoms with Crippen LogP contribution in [0.15, 0.2) is 36.7 Å². The van der Waals surface area contributed by atoms with Crippen molar-refractivity contribution in [3.8, 4) is 5.75 Å². The van der Waals surface area contributed by atoms with Crippen LogP contribution in [0.4, 0.5) is 4.79 Å². The molecule has 0 radical (unpaired) electrons. The first kappa shape index (κ1) is 21.9. The summed E-state index contributed by atoms with van der Waals surface area (Å²) in [6.45, 7) is 11.0. The van der Waals surface area contributed by atoms with E-state index in [0.29, 0.717) is 12.2 Å². The molecule has 2 atom stereocenters. The van der Waals surface area contributed by atoms with Crippen molar-refractivity contribution >= 4 is 22.8 Å². The maximum Gasteiger partial charge on any atom is 0.411 e. The predicted octanol–water partition coefficient (Wildman–Crippen LogP) is 4.33. The SMILES string of the molecule is CC(C)(C)OC(=O)[C@@H]1C[C@H](Oc2ccc3ccncc3c2)CN1C(=O)OC(C)(C)C. The van der Waals surface area contributed by atoms with Crippen molar-refractivity contribution in [2.75, 3.05) is 6.54 Å². The van der Waals surface area contributed by atoms with Gasteiger partial charge in [-0.05, 0) is 65.1 Å². The molecule has 1 aliphatic rings. The van der Waals surface area contributed by atoms with Crippen LogP contribution in [0.1, 0.15) is 48.0 Å². The van der Waals surface area contributed by atoms with E-state index in [1.807, 2.05) is 24.3 Å². The van der Waals surface area contributed by atoms with Crippen LogP contribution in [0.2, 0.25) is 0 Å². The minimum Gasteiger partial charge on any atom is -0.488 e. The molecule has 7 heteroatoms. The lowest BCUT2D eigenvalue weighted by atomic mass is 10.1. The Balaban J connectivity index is 1.78. The number of likely N-dealkylation sites (tertiary alicyclic amines) is 1. The van der Waals surface area contributed by atoms with Crippen LogP contribution in [-0.4, -0.2) is 51.8 Å². The number of hydrogen-bond donors (Lipinski definition) is 0. The van der Waals surface area contributed by atoms with Gasteiger partial charge in [0.15, 0.2) is 0 Å². The highest BCUT2D eigenvalue weighted by atomic mass is 16.6. The van der Waals surface area contributed by atoms with Crippen LogP contribution in [0.25, 0.3) is 10.8 Å². The maximum atomic E-state index is 12.8. The molecule has 0 spiro atoms. The van der Waals surface area contributed by atoms with E-state index in [4.69, 9.17) is 14.2 Å². The molecule has 162 valence electrons. The molecule has 3 rings (SSSR count). The predicted molar refractivity (Wildman–Crippen MR) is 113 cm³/mol. The number of benzene rings is 1. The Hall–Kier alpha value is -2.83. The summed E-state index contributed by atoms with van der Waals surface area (Å²) in [4.78, 5) is 31.1. The van der Waals surface area contributed by atoms with Gasteiger partial charge in [-0.1, -0.05) is 6.07 Å². The second-order valence-corrected chi connectivity index (χ2v) is 9.54. The highest BCUT2D eigenvalue weighted by molar-refractivity contribution is 5.83. The second kappa shape index (κ2) is 8.13. The van der Waals surface area contributed by atoms with Crippen molar-refractivity contribution < 1.29 is 23.8 Å². The minimum atomic E-state index is -0.758. The van der Waals surface area contributed by atoms with Gasteiger partial charge >= 0.3 is 12.1 Å². The molecule has 0 N–H and O–H groups in total. The van der Waals surface area contributed by atoms with Gasteiger partial charge < -0.3 is 14.2 Å². The number of pyridine rings is 1. The Bertz CT molecular complexity index is 893. The number of hydrogen-bond acceptors (Lipinski definition) is 6. The largest absolute Gasteiger partial charge is 0.488 e. The monoisotopic (exact) mass is 414 g/mol. The van der Waals surface area contributed by atoms with Crippen LogP contribution in [0.5, 0.6) is 5.75 Å². The summed E-state index contributed by atoms with van der Waals surface area (Å²) < 4.78 is 17.2. The minimum absolute atomic E-state index is 0.240. The number of carbonyl (C=O) groups is 2. The average molecular weight is 415 g/mol. The first-order chi connectivity index (χ1) is 13.9. The standard InChI is InChI=1S/C23H30N2O5/c1-22(2,3)29-20(26)19-12-18(14-25(19)21(27)30-23(4,5)6)28-17-8-7-15-9-10-24-13-16(15)11-17/h7-11,13,18-19H,12,14H2,1-6H3/t18-,19-/m0/s1. The number of carbonyl (C=O) groups excluding carboxylic acids is 2. The molecular weight excluding hydrogens is 384 g/mol. The van der Waals surface area contributed by atoms with Gasteiger partial charge in [0.05, 0.1) is 6.54 Å². The van der Waals surface area contributed by atoms with Crippen LogP contribution >= 0.6 is 0 Å². The summed E-state index contributed by atoms with van der Waals surface area (Å²) >= 11 is 0. The molecule has 2 aromatic rings. The normalized spacial score (nSPS) is 19.6. The van der Waals surface area contributed by atoms with E-state index in [1.165, 1.54) is 4.90 Å². The van der Waals surface area contributed by atoms with Crippen molar-refractivity contribution in [2.24, 2.45) is 0 Å². The zero-order valence-corrected chi connectivity index (χ0v) is 18.5. The van der Waals surface area contributed by atoms with Gasteiger partial charge in [-0.3, -0.25) is 9.88 Å². The molecule has 2 heterocycles. The lowest BCUT2D eigenvalue weighted by Crippen LogP contribution is -2.45. The van der Waals surface area contributed by atoms with Crippen molar-refractivity contribution in [3.05, 3.63) is 36.7 Å². The fraction of sp³-hybridized carbons (Fsp3) is 0.522. The Morgan fingerprint density at radius 3 is 2.37 bits per heavy atom. The second-order valence-electron chi connectivity index (χ2n) is 9.54. The number of esters is 1. The molecule has 1 aromatic heterocycles. The number of aromatic nitrogens is 1. The van der Waals surface area contributed by atoms with Crippen LogP contribution in [0.3, 0.4) is 0 Å². The molecule has 30 heavy (non-hydrogen) atoms. The third kappa shape index (κ3) is 5.62. The lowest BCUT2D eigenvalue weighted by Gasteiger charge is -2.29. The van der Waals surface area contributed by atoms with E-state index >= 15 is 0 Å². The molecule has 0 saturated carbocycles. The average Bonchev–Trinajstić information content (AvgIpc) is 3.03. The van der Waals surface area contributed by atoms with E-state index in [-0.39, 0.29) is 12.6 Å². The van der Waals surface area contributed by atoms with Gasteiger partial charge in [-0.15, -0.1) is 0 Å². The van der Waals surface area contributed by atoms with E-state index in [1.54, 1.807) is 53.9 Å². The fourth-order valence-corrected chi connectivity index (χ4v) is 3.33. The maximum absolute atomic E-state index is 12.8. The number of ether oxygens (including phenoxy) is 3. The highest BCUT2D eigenvalue weighted by Gasteiger charge is 2.44. The van der Waals surface area contributed by atoms with Gasteiger partial charge in [0, 0.05) is 24.2 Å². The summed E-state index contributed by atoms with van der Waals surface area (Å²) in [5.74, 6) is 0.205. The quantitative estimate of drug-likeness (QED) is 0.696. The topological polar surface area (TPSA) is 78.0 Å². The zero-order chi connectivity index (χ0) is 22.1. The number of nitrogens with zero attached hydrogens (tertiary/aromatic N) is 2. The molecule has 1 amide bonds. The highest BCUT2D eigenvalue weighted by Crippen LogP contribution is 2.28. The Morgan fingerprint density at radius 2 is 1.70 bits per heavy atom. The van der Waals surface area contributed by atoms with Gasteiger partial charge in [0.1, 0.15) is 29.1 Å². The van der Waals surface area contributed by atoms with Gasteiger partial charge in [-0.25, -0.2) is 9.59 Å². The van der Waals surface area contributed by atoms with Crippen molar-refractivity contribution in [1.82, 2.24) is 9.88 Å². The van der Waals surface area contributed by atoms with E-state index in [9.17, 15) is 9.59 Å². The van der Waals surface area contributed by atoms with Crippen molar-refractivity contribution in [2.45, 2.75) is 71.3 Å². The Morgan fingerprint density at radius 1 is 1.00 bits per heavy atom. The molecule has 1 fully saturated rings. The van der Waals surface area contributed by atoms with Crippen LogP contribution in [0, 0.1) is 0 Å². The fourth-order valence-electron chi connectivity index (χ4n) is 3.33. The first-order valence-corrected chi connectivity index (χ1v) is 10.1. The molecule has 1 saturated heterocycles. The first-order valence-electron chi connectivity index (χ1n) is 10.1. The van der Waals surface area contributed by atoms with Gasteiger partial charge in [0.2, 0.25) is 0 Å². The Kier molecular flexibility index (Phi) is 5.92. The smallest absolute Gasteiger partial charge is 0.411 e. The lowest BCUT2D eigenvalue weighted by molar-refractivity contribution is -0.160. The zero-order valence-electron chi connectivity index (χ0n) is 18.5. The molecule has 1 aromatic carbocycles. The van der Waals surface area contributed by atoms with Crippen LogP contribution in [-0.2, 0) is 14.3 Å². The van der Waals surface area contributed by atoms with E-state index in [0.717, 1.165) is 10.8 Å². The third-order valence-corrected chi connectivity index (χ3v) is 4.48. The third-order valence-electron chi connectivity index (χ3n) is 4.48. The number of rotatable bonds is 3. The number of amides is 1. The molecule has 0 aliphatic carbocycles. The van der Waals surface area contributed by atoms with Crippen molar-refractivity contribution in [1.29, 1.82) is 0 Å². The summed E-state index contributed by atoms with van der Waals surface area (Å²) in [6, 6.07) is 6.91. The van der Waals surface area contributed by atoms with Gasteiger partial charge in [-0.2, -0.15) is 0 Å². The molecule has 1 aliphatic heterocycles. The molecular formula is C23H30N2O5. The van der Waals surface area contributed by atoms with Crippen molar-refractivity contribution in [3.63, 3.8) is 0 Å². The Labute approximate surface area is 177 Å². The summed E-state index contributed by atoms with van der Waals surface area (Å²) in [7, 11) is 0. The molecule has 0 bridgehead atoms. The van der Waals surface area contributed by atoms with E-state index < -0.39 is 29.3 Å². The van der Waals surface area contributed by atoms with Gasteiger partial charge in [0.25, 0.3) is 0 Å². The van der Waals surface area contributed by atoms with E-state index in [2.05, 4.69) is 4.98 Å². The summed E-state index contributed by atoms with van der Waals surface area (Å²) in [6.07, 6.45) is 2.94. The summed E-state index contributed by atoms with van der Waals surface area (Å²) in [5, 5.41) is 2.02. The summed E-state index contributed by atoms with van der Waals surface area (Å²) in [5.41, 5.74) is -1.32. The number of fused-ring (bicyclic) bond motifs is 1. The molecule has 7 nitrogen and oxygen atoms in total.